The minimum absolute atomic E-state index is 0.0339. The van der Waals surface area contributed by atoms with Gasteiger partial charge in [0.1, 0.15) is 0 Å². The molecule has 1 aromatic carbocycles. The van der Waals surface area contributed by atoms with Crippen molar-refractivity contribution >= 4 is 15.9 Å². The maximum Gasteiger partial charge on any atom is 0.223 e. The SMILES string of the molecule is Cc1ccc(CS(=O)(=O)N2CCC(C(=O)NC3CCCCCC3)CC2)cc1. The summed E-state index contributed by atoms with van der Waals surface area (Å²) in [7, 11) is -3.33. The smallest absolute Gasteiger partial charge is 0.223 e. The second kappa shape index (κ2) is 9.20. The highest BCUT2D eigenvalue weighted by Crippen LogP contribution is 2.23. The van der Waals surface area contributed by atoms with Crippen LogP contribution in [0.1, 0.15) is 62.5 Å². The molecular formula is C21H32N2O3S. The molecule has 0 radical (unpaired) electrons. The molecule has 0 aromatic heterocycles. The van der Waals surface area contributed by atoms with Crippen LogP contribution < -0.4 is 5.32 Å². The average Bonchev–Trinajstić information content (AvgIpc) is 2.92. The summed E-state index contributed by atoms with van der Waals surface area (Å²) >= 11 is 0. The molecule has 1 saturated carbocycles. The molecular weight excluding hydrogens is 360 g/mol. The van der Waals surface area contributed by atoms with E-state index in [-0.39, 0.29) is 17.6 Å². The van der Waals surface area contributed by atoms with Crippen molar-refractivity contribution < 1.29 is 13.2 Å². The lowest BCUT2D eigenvalue weighted by Crippen LogP contribution is -2.45. The van der Waals surface area contributed by atoms with Crippen LogP contribution in [0.5, 0.6) is 0 Å². The van der Waals surface area contributed by atoms with Crippen LogP contribution in [0.25, 0.3) is 0 Å². The Bertz CT molecular complexity index is 714. The van der Waals surface area contributed by atoms with Crippen LogP contribution in [-0.4, -0.2) is 37.8 Å². The first-order valence-electron chi connectivity index (χ1n) is 10.3. The van der Waals surface area contributed by atoms with Gasteiger partial charge in [0.25, 0.3) is 0 Å². The summed E-state index contributed by atoms with van der Waals surface area (Å²) in [5, 5.41) is 3.22. The summed E-state index contributed by atoms with van der Waals surface area (Å²) in [4.78, 5) is 12.6. The molecule has 1 heterocycles. The third kappa shape index (κ3) is 5.79. The van der Waals surface area contributed by atoms with Gasteiger partial charge in [0.2, 0.25) is 15.9 Å². The van der Waals surface area contributed by atoms with E-state index < -0.39 is 10.0 Å². The highest BCUT2D eigenvalue weighted by atomic mass is 32.2. The van der Waals surface area contributed by atoms with E-state index in [1.165, 1.54) is 25.7 Å². The summed E-state index contributed by atoms with van der Waals surface area (Å²) in [6, 6.07) is 7.94. The number of aryl methyl sites for hydroxylation is 1. The molecule has 1 saturated heterocycles. The first-order chi connectivity index (χ1) is 12.9. The maximum absolute atomic E-state index is 12.7. The van der Waals surface area contributed by atoms with Gasteiger partial charge in [0.15, 0.2) is 0 Å². The number of carbonyl (C=O) groups is 1. The Hall–Kier alpha value is -1.40. The van der Waals surface area contributed by atoms with Crippen LogP contribution >= 0.6 is 0 Å². The molecule has 1 N–H and O–H groups in total. The lowest BCUT2D eigenvalue weighted by Gasteiger charge is -2.31. The minimum Gasteiger partial charge on any atom is -0.353 e. The van der Waals surface area contributed by atoms with E-state index in [0.717, 1.165) is 24.0 Å². The zero-order chi connectivity index (χ0) is 19.3. The standard InChI is InChI=1S/C21H32N2O3S/c1-17-8-10-18(11-9-17)16-27(25,26)23-14-12-19(13-15-23)21(24)22-20-6-4-2-3-5-7-20/h8-11,19-20H,2-7,12-16H2,1H3,(H,22,24). The summed E-state index contributed by atoms with van der Waals surface area (Å²) in [5.74, 6) is 0.100. The van der Waals surface area contributed by atoms with Crippen LogP contribution in [0, 0.1) is 12.8 Å². The molecule has 0 bridgehead atoms. The van der Waals surface area contributed by atoms with E-state index in [0.29, 0.717) is 32.0 Å². The zero-order valence-electron chi connectivity index (χ0n) is 16.3. The van der Waals surface area contributed by atoms with E-state index in [9.17, 15) is 13.2 Å². The number of sulfonamides is 1. The molecule has 6 heteroatoms. The molecule has 3 rings (SSSR count). The van der Waals surface area contributed by atoms with Crippen LogP contribution in [0.15, 0.2) is 24.3 Å². The molecule has 0 atom stereocenters. The Labute approximate surface area is 163 Å². The molecule has 5 nitrogen and oxygen atoms in total. The zero-order valence-corrected chi connectivity index (χ0v) is 17.1. The van der Waals surface area contributed by atoms with Crippen molar-refractivity contribution in [2.45, 2.75) is 70.1 Å². The van der Waals surface area contributed by atoms with Gasteiger partial charge in [0, 0.05) is 25.0 Å². The highest BCUT2D eigenvalue weighted by molar-refractivity contribution is 7.88. The molecule has 1 aliphatic carbocycles. The molecule has 0 unspecified atom stereocenters. The average molecular weight is 393 g/mol. The number of hydrogen-bond donors (Lipinski definition) is 1. The molecule has 0 spiro atoms. The van der Waals surface area contributed by atoms with E-state index >= 15 is 0 Å². The van der Waals surface area contributed by atoms with Crippen LogP contribution in [-0.2, 0) is 20.6 Å². The second-order valence-electron chi connectivity index (χ2n) is 8.11. The van der Waals surface area contributed by atoms with Crippen LogP contribution in [0.3, 0.4) is 0 Å². The predicted molar refractivity (Wildman–Crippen MR) is 108 cm³/mol. The summed E-state index contributed by atoms with van der Waals surface area (Å²) in [5.41, 5.74) is 1.94. The number of amides is 1. The fraction of sp³-hybridized carbons (Fsp3) is 0.667. The van der Waals surface area contributed by atoms with E-state index in [1.54, 1.807) is 4.31 Å². The van der Waals surface area contributed by atoms with Crippen LogP contribution in [0.4, 0.5) is 0 Å². The number of hydrogen-bond acceptors (Lipinski definition) is 3. The molecule has 27 heavy (non-hydrogen) atoms. The quantitative estimate of drug-likeness (QED) is 0.781. The number of nitrogens with one attached hydrogen (secondary N) is 1. The van der Waals surface area contributed by atoms with Crippen LogP contribution in [0.2, 0.25) is 0 Å². The van der Waals surface area contributed by atoms with Crippen molar-refractivity contribution in [1.29, 1.82) is 0 Å². The lowest BCUT2D eigenvalue weighted by molar-refractivity contribution is -0.126. The summed E-state index contributed by atoms with van der Waals surface area (Å²) in [6.45, 7) is 2.87. The molecule has 1 aliphatic heterocycles. The van der Waals surface area contributed by atoms with Gasteiger partial charge in [-0.05, 0) is 38.2 Å². The van der Waals surface area contributed by atoms with Gasteiger partial charge in [0.05, 0.1) is 5.75 Å². The minimum atomic E-state index is -3.33. The Morgan fingerprint density at radius 3 is 2.19 bits per heavy atom. The van der Waals surface area contributed by atoms with Gasteiger partial charge >= 0.3 is 0 Å². The first-order valence-corrected chi connectivity index (χ1v) is 11.9. The van der Waals surface area contributed by atoms with Crippen molar-refractivity contribution in [3.05, 3.63) is 35.4 Å². The fourth-order valence-electron chi connectivity index (χ4n) is 4.13. The summed E-state index contributed by atoms with van der Waals surface area (Å²) < 4.78 is 27.0. The highest BCUT2D eigenvalue weighted by Gasteiger charge is 2.31. The summed E-state index contributed by atoms with van der Waals surface area (Å²) in [6.07, 6.45) is 8.32. The van der Waals surface area contributed by atoms with Gasteiger partial charge in [-0.2, -0.15) is 0 Å². The van der Waals surface area contributed by atoms with Gasteiger partial charge in [-0.3, -0.25) is 4.79 Å². The largest absolute Gasteiger partial charge is 0.353 e. The molecule has 150 valence electrons. The third-order valence-corrected chi connectivity index (χ3v) is 7.74. The Morgan fingerprint density at radius 2 is 1.59 bits per heavy atom. The number of rotatable bonds is 5. The van der Waals surface area contributed by atoms with Crippen molar-refractivity contribution in [3.8, 4) is 0 Å². The van der Waals surface area contributed by atoms with Gasteiger partial charge in [-0.25, -0.2) is 12.7 Å². The monoisotopic (exact) mass is 392 g/mol. The third-order valence-electron chi connectivity index (χ3n) is 5.89. The predicted octanol–water partition coefficient (Wildman–Crippen LogP) is 3.38. The van der Waals surface area contributed by atoms with Crippen molar-refractivity contribution in [2.75, 3.05) is 13.1 Å². The molecule has 1 aromatic rings. The fourth-order valence-corrected chi connectivity index (χ4v) is 5.69. The van der Waals surface area contributed by atoms with Gasteiger partial charge in [-0.1, -0.05) is 55.5 Å². The number of carbonyl (C=O) groups excluding carboxylic acids is 1. The van der Waals surface area contributed by atoms with Crippen molar-refractivity contribution in [2.24, 2.45) is 5.92 Å². The molecule has 2 fully saturated rings. The van der Waals surface area contributed by atoms with Crippen molar-refractivity contribution in [3.63, 3.8) is 0 Å². The molecule has 2 aliphatic rings. The van der Waals surface area contributed by atoms with Gasteiger partial charge in [-0.15, -0.1) is 0 Å². The van der Waals surface area contributed by atoms with E-state index in [4.69, 9.17) is 0 Å². The normalized spacial score (nSPS) is 20.9. The lowest BCUT2D eigenvalue weighted by atomic mass is 9.96. The van der Waals surface area contributed by atoms with Gasteiger partial charge < -0.3 is 5.32 Å². The topological polar surface area (TPSA) is 66.5 Å². The second-order valence-corrected chi connectivity index (χ2v) is 10.1. The van der Waals surface area contributed by atoms with E-state index in [1.807, 2.05) is 31.2 Å². The Balaban J connectivity index is 1.49. The van der Waals surface area contributed by atoms with E-state index in [2.05, 4.69) is 5.32 Å². The number of piperidine rings is 1. The Morgan fingerprint density at radius 1 is 1.00 bits per heavy atom. The number of benzene rings is 1. The maximum atomic E-state index is 12.7. The Kier molecular flexibility index (Phi) is 6.93. The number of nitrogens with zero attached hydrogens (tertiary/aromatic N) is 1. The molecule has 1 amide bonds. The first kappa shape index (κ1) is 20.3. The van der Waals surface area contributed by atoms with Crippen molar-refractivity contribution in [1.82, 2.24) is 9.62 Å².